The van der Waals surface area contributed by atoms with Gasteiger partial charge in [0.15, 0.2) is 5.78 Å². The number of hydrogen-bond donors (Lipinski definition) is 0. The molecule has 5 rings (SSSR count). The number of para-hydroxylation sites is 1. The van der Waals surface area contributed by atoms with E-state index in [0.717, 1.165) is 0 Å². The van der Waals surface area contributed by atoms with Crippen molar-refractivity contribution in [1.82, 2.24) is 4.57 Å². The zero-order valence-corrected chi connectivity index (χ0v) is 14.5. The molecule has 4 aromatic rings. The van der Waals surface area contributed by atoms with Crippen molar-refractivity contribution in [3.05, 3.63) is 105 Å². The summed E-state index contributed by atoms with van der Waals surface area (Å²) in [5.74, 6) is -0.429. The summed E-state index contributed by atoms with van der Waals surface area (Å²) in [4.78, 5) is 37.0. The maximum absolute atomic E-state index is 13.3. The Morgan fingerprint density at radius 2 is 1.36 bits per heavy atom. The van der Waals surface area contributed by atoms with Gasteiger partial charge < -0.3 is 4.57 Å². The van der Waals surface area contributed by atoms with E-state index >= 15 is 0 Å². The number of nitrogens with zero attached hydrogens (tertiary/aromatic N) is 2. The van der Waals surface area contributed by atoms with Gasteiger partial charge in [-0.2, -0.15) is 0 Å². The number of nitro groups is 1. The molecule has 0 unspecified atom stereocenters. The van der Waals surface area contributed by atoms with E-state index in [1.54, 1.807) is 41.0 Å². The zero-order chi connectivity index (χ0) is 19.4. The monoisotopic (exact) mass is 368 g/mol. The molecule has 0 saturated carbocycles. The average Bonchev–Trinajstić information content (AvgIpc) is 3.08. The van der Waals surface area contributed by atoms with Crippen LogP contribution in [0.15, 0.2) is 72.8 Å². The van der Waals surface area contributed by atoms with Crippen molar-refractivity contribution in [2.75, 3.05) is 0 Å². The van der Waals surface area contributed by atoms with Gasteiger partial charge in [0.25, 0.3) is 5.69 Å². The summed E-state index contributed by atoms with van der Waals surface area (Å²) >= 11 is 0. The molecule has 0 fully saturated rings. The molecule has 0 spiro atoms. The Labute approximate surface area is 158 Å². The molecule has 0 radical (unpaired) electrons. The Hall–Kier alpha value is -4.06. The maximum Gasteiger partial charge on any atom is 0.269 e. The second-order valence-electron chi connectivity index (χ2n) is 6.55. The first-order valence-corrected chi connectivity index (χ1v) is 8.64. The normalized spacial score (nSPS) is 12.7. The number of carbonyl (C=O) groups is 2. The lowest BCUT2D eigenvalue weighted by molar-refractivity contribution is -0.384. The Morgan fingerprint density at radius 3 is 2.04 bits per heavy atom. The van der Waals surface area contributed by atoms with Crippen molar-refractivity contribution in [3.63, 3.8) is 0 Å². The Morgan fingerprint density at radius 1 is 0.750 bits per heavy atom. The molecule has 134 valence electrons. The number of fused-ring (bicyclic) bond motifs is 4. The highest BCUT2D eigenvalue weighted by Gasteiger charge is 2.35. The molecule has 0 bridgehead atoms. The highest BCUT2D eigenvalue weighted by molar-refractivity contribution is 6.32. The second kappa shape index (κ2) is 5.72. The van der Waals surface area contributed by atoms with Crippen molar-refractivity contribution >= 4 is 28.2 Å². The lowest BCUT2D eigenvalue weighted by Gasteiger charge is -2.17. The van der Waals surface area contributed by atoms with Crippen LogP contribution in [0.3, 0.4) is 0 Å². The van der Waals surface area contributed by atoms with E-state index in [9.17, 15) is 19.7 Å². The van der Waals surface area contributed by atoms with Gasteiger partial charge in [0.2, 0.25) is 5.78 Å². The third kappa shape index (κ3) is 2.08. The minimum absolute atomic E-state index is 0.0400. The van der Waals surface area contributed by atoms with E-state index in [1.807, 2.05) is 24.3 Å². The predicted molar refractivity (Wildman–Crippen MR) is 103 cm³/mol. The Kier molecular flexibility index (Phi) is 3.30. The van der Waals surface area contributed by atoms with Crippen LogP contribution in [0, 0.1) is 10.1 Å². The first kappa shape index (κ1) is 16.1. The second-order valence-corrected chi connectivity index (χ2v) is 6.55. The summed E-state index contributed by atoms with van der Waals surface area (Å²) in [6.07, 6.45) is 0. The summed E-state index contributed by atoms with van der Waals surface area (Å²) in [7, 11) is 0. The lowest BCUT2D eigenvalue weighted by atomic mass is 9.87. The quantitative estimate of drug-likeness (QED) is 0.343. The molecule has 0 saturated heterocycles. The number of hydrogen-bond acceptors (Lipinski definition) is 4. The van der Waals surface area contributed by atoms with Gasteiger partial charge >= 0.3 is 0 Å². The SMILES string of the molecule is O=C1c2ccccc2C(=O)c2c1c1ccccc1n2-c1ccc([N+](=O)[O-])cc1. The molecular weight excluding hydrogens is 356 g/mol. The standard InChI is InChI=1S/C22H12N2O4/c25-21-15-5-1-2-6-16(15)22(26)20-19(21)17-7-3-4-8-18(17)23(20)13-9-11-14(12-10-13)24(27)28/h1-12H. The van der Waals surface area contributed by atoms with Gasteiger partial charge in [0.05, 0.1) is 16.0 Å². The van der Waals surface area contributed by atoms with Crippen LogP contribution in [0.25, 0.3) is 16.6 Å². The largest absolute Gasteiger partial charge is 0.306 e. The van der Waals surface area contributed by atoms with Crippen LogP contribution in [0.5, 0.6) is 0 Å². The molecular formula is C22H12N2O4. The minimum Gasteiger partial charge on any atom is -0.306 e. The number of non-ortho nitro benzene ring substituents is 1. The van der Waals surface area contributed by atoms with E-state index in [2.05, 4.69) is 0 Å². The fraction of sp³-hybridized carbons (Fsp3) is 0. The number of nitro benzene ring substituents is 1. The number of aromatic nitrogens is 1. The molecule has 1 aromatic heterocycles. The van der Waals surface area contributed by atoms with Crippen LogP contribution in [0.1, 0.15) is 32.0 Å². The third-order valence-corrected chi connectivity index (χ3v) is 5.05. The number of benzene rings is 3. The fourth-order valence-electron chi connectivity index (χ4n) is 3.82. The van der Waals surface area contributed by atoms with E-state index in [-0.39, 0.29) is 17.3 Å². The van der Waals surface area contributed by atoms with E-state index in [1.165, 1.54) is 12.1 Å². The van der Waals surface area contributed by atoms with Crippen molar-refractivity contribution in [1.29, 1.82) is 0 Å². The summed E-state index contributed by atoms with van der Waals surface area (Å²) in [6, 6.07) is 20.0. The molecule has 3 aromatic carbocycles. The average molecular weight is 368 g/mol. The molecule has 6 nitrogen and oxygen atoms in total. The molecule has 6 heteroatoms. The van der Waals surface area contributed by atoms with Gasteiger partial charge in [0, 0.05) is 34.3 Å². The van der Waals surface area contributed by atoms with Crippen LogP contribution in [0.4, 0.5) is 5.69 Å². The van der Waals surface area contributed by atoms with Crippen molar-refractivity contribution < 1.29 is 14.5 Å². The molecule has 1 heterocycles. The highest BCUT2D eigenvalue weighted by Crippen LogP contribution is 2.37. The molecule has 0 amide bonds. The van der Waals surface area contributed by atoms with Gasteiger partial charge in [-0.05, 0) is 18.2 Å². The molecule has 0 N–H and O–H groups in total. The number of carbonyl (C=O) groups excluding carboxylic acids is 2. The highest BCUT2D eigenvalue weighted by atomic mass is 16.6. The van der Waals surface area contributed by atoms with Crippen LogP contribution >= 0.6 is 0 Å². The predicted octanol–water partition coefficient (Wildman–Crippen LogP) is 4.31. The minimum atomic E-state index is -0.474. The molecule has 0 aliphatic heterocycles. The number of ketones is 2. The van der Waals surface area contributed by atoms with E-state index < -0.39 is 4.92 Å². The van der Waals surface area contributed by atoms with Gasteiger partial charge in [-0.25, -0.2) is 0 Å². The first-order chi connectivity index (χ1) is 13.6. The summed E-state index contributed by atoms with van der Waals surface area (Å²) in [5, 5.41) is 11.7. The molecule has 0 atom stereocenters. The van der Waals surface area contributed by atoms with Gasteiger partial charge in [-0.3, -0.25) is 19.7 Å². The van der Waals surface area contributed by atoms with Crippen LogP contribution < -0.4 is 0 Å². The van der Waals surface area contributed by atoms with Crippen molar-refractivity contribution in [2.24, 2.45) is 0 Å². The Bertz CT molecular complexity index is 1320. The van der Waals surface area contributed by atoms with Gasteiger partial charge in [-0.1, -0.05) is 42.5 Å². The van der Waals surface area contributed by atoms with Crippen LogP contribution in [-0.4, -0.2) is 21.1 Å². The molecule has 28 heavy (non-hydrogen) atoms. The maximum atomic E-state index is 13.3. The fourth-order valence-corrected chi connectivity index (χ4v) is 3.82. The molecule has 1 aliphatic carbocycles. The topological polar surface area (TPSA) is 82.2 Å². The molecule has 1 aliphatic rings. The van der Waals surface area contributed by atoms with E-state index in [0.29, 0.717) is 39.0 Å². The first-order valence-electron chi connectivity index (χ1n) is 8.64. The zero-order valence-electron chi connectivity index (χ0n) is 14.5. The Balaban J connectivity index is 1.86. The third-order valence-electron chi connectivity index (χ3n) is 5.05. The lowest BCUT2D eigenvalue weighted by Crippen LogP contribution is -2.22. The summed E-state index contributed by atoms with van der Waals surface area (Å²) < 4.78 is 1.71. The van der Waals surface area contributed by atoms with Crippen molar-refractivity contribution in [3.8, 4) is 5.69 Å². The van der Waals surface area contributed by atoms with Crippen LogP contribution in [-0.2, 0) is 0 Å². The van der Waals surface area contributed by atoms with Gasteiger partial charge in [0.1, 0.15) is 5.69 Å². The van der Waals surface area contributed by atoms with Gasteiger partial charge in [-0.15, -0.1) is 0 Å². The van der Waals surface area contributed by atoms with Crippen molar-refractivity contribution in [2.45, 2.75) is 0 Å². The van der Waals surface area contributed by atoms with E-state index in [4.69, 9.17) is 0 Å². The summed E-state index contributed by atoms with van der Waals surface area (Å²) in [6.45, 7) is 0. The summed E-state index contributed by atoms with van der Waals surface area (Å²) in [5.41, 5.74) is 2.68. The number of rotatable bonds is 2. The van der Waals surface area contributed by atoms with Crippen LogP contribution in [0.2, 0.25) is 0 Å². The smallest absolute Gasteiger partial charge is 0.269 e.